The second-order valence-electron chi connectivity index (χ2n) is 4.85. The number of hydrogen-bond donors (Lipinski definition) is 1. The Labute approximate surface area is 135 Å². The molecule has 2 aromatic rings. The number of methoxy groups -OCH3 is 2. The Morgan fingerprint density at radius 3 is 2.43 bits per heavy atom. The molecule has 0 atom stereocenters. The maximum absolute atomic E-state index is 13.6. The number of nitrogens with one attached hydrogen (secondary N) is 1. The average molecular weight is 339 g/mol. The molecule has 124 valence electrons. The van der Waals surface area contributed by atoms with Crippen LogP contribution < -0.4 is 14.2 Å². The fourth-order valence-electron chi connectivity index (χ4n) is 2.08. The fourth-order valence-corrected chi connectivity index (χ4v) is 3.20. The maximum atomic E-state index is 13.6. The molecule has 1 N–H and O–H groups in total. The van der Waals surface area contributed by atoms with Crippen molar-refractivity contribution in [3.8, 4) is 11.5 Å². The molecular weight excluding hydrogens is 321 g/mol. The predicted molar refractivity (Wildman–Crippen MR) is 85.4 cm³/mol. The van der Waals surface area contributed by atoms with Crippen LogP contribution in [-0.4, -0.2) is 22.6 Å². The van der Waals surface area contributed by atoms with Crippen molar-refractivity contribution in [2.24, 2.45) is 0 Å². The molecule has 0 saturated carbocycles. The smallest absolute Gasteiger partial charge is 0.216 e. The summed E-state index contributed by atoms with van der Waals surface area (Å²) in [6.45, 7) is 0.0250. The summed E-state index contributed by atoms with van der Waals surface area (Å²) in [5, 5.41) is 0. The van der Waals surface area contributed by atoms with E-state index in [-0.39, 0.29) is 12.1 Å². The van der Waals surface area contributed by atoms with Gasteiger partial charge in [0.25, 0.3) is 0 Å². The predicted octanol–water partition coefficient (Wildman–Crippen LogP) is 2.46. The summed E-state index contributed by atoms with van der Waals surface area (Å²) in [6, 6.07) is 10.9. The maximum Gasteiger partial charge on any atom is 0.216 e. The average Bonchev–Trinajstić information content (AvgIpc) is 2.54. The third-order valence-corrected chi connectivity index (χ3v) is 4.55. The first-order chi connectivity index (χ1) is 10.9. The van der Waals surface area contributed by atoms with Gasteiger partial charge in [-0.3, -0.25) is 0 Å². The van der Waals surface area contributed by atoms with Crippen molar-refractivity contribution in [1.29, 1.82) is 0 Å². The van der Waals surface area contributed by atoms with Crippen molar-refractivity contribution in [2.45, 2.75) is 12.3 Å². The number of rotatable bonds is 7. The molecule has 0 spiro atoms. The largest absolute Gasteiger partial charge is 0.497 e. The van der Waals surface area contributed by atoms with Crippen LogP contribution in [0.25, 0.3) is 0 Å². The molecule has 0 bridgehead atoms. The van der Waals surface area contributed by atoms with E-state index in [0.717, 1.165) is 0 Å². The number of ether oxygens (including phenoxy) is 2. The summed E-state index contributed by atoms with van der Waals surface area (Å²) in [4.78, 5) is 0. The molecule has 2 aromatic carbocycles. The van der Waals surface area contributed by atoms with Gasteiger partial charge in [0.2, 0.25) is 10.0 Å². The molecule has 0 aliphatic rings. The van der Waals surface area contributed by atoms with Crippen LogP contribution in [0, 0.1) is 5.82 Å². The van der Waals surface area contributed by atoms with Crippen LogP contribution in [0.4, 0.5) is 4.39 Å². The highest BCUT2D eigenvalue weighted by Crippen LogP contribution is 2.24. The zero-order valence-corrected chi connectivity index (χ0v) is 13.7. The van der Waals surface area contributed by atoms with Crippen molar-refractivity contribution in [3.05, 3.63) is 59.4 Å². The highest BCUT2D eigenvalue weighted by Gasteiger charge is 2.15. The van der Waals surface area contributed by atoms with Crippen molar-refractivity contribution in [2.75, 3.05) is 14.2 Å². The van der Waals surface area contributed by atoms with Gasteiger partial charge in [0.15, 0.2) is 0 Å². The van der Waals surface area contributed by atoms with Crippen LogP contribution in [0.15, 0.2) is 42.5 Å². The van der Waals surface area contributed by atoms with E-state index >= 15 is 0 Å². The monoisotopic (exact) mass is 339 g/mol. The van der Waals surface area contributed by atoms with Gasteiger partial charge in [-0.25, -0.2) is 17.5 Å². The Hall–Kier alpha value is -2.12. The Kier molecular flexibility index (Phi) is 5.57. The molecule has 0 aliphatic heterocycles. The third kappa shape index (κ3) is 4.67. The highest BCUT2D eigenvalue weighted by molar-refractivity contribution is 7.88. The summed E-state index contributed by atoms with van der Waals surface area (Å²) in [5.74, 6) is 0.164. The summed E-state index contributed by atoms with van der Waals surface area (Å²) in [5.41, 5.74) is 0.751. The minimum atomic E-state index is -3.69. The van der Waals surface area contributed by atoms with Gasteiger partial charge >= 0.3 is 0 Å². The topological polar surface area (TPSA) is 64.6 Å². The lowest BCUT2D eigenvalue weighted by atomic mass is 10.2. The molecule has 0 saturated heterocycles. The minimum absolute atomic E-state index is 0.0250. The van der Waals surface area contributed by atoms with E-state index in [4.69, 9.17) is 9.47 Å². The van der Waals surface area contributed by atoms with Gasteiger partial charge in [0.05, 0.1) is 20.0 Å². The van der Waals surface area contributed by atoms with E-state index in [1.54, 1.807) is 24.3 Å². The van der Waals surface area contributed by atoms with Crippen molar-refractivity contribution < 1.29 is 22.3 Å². The minimum Gasteiger partial charge on any atom is -0.497 e. The molecule has 0 aromatic heterocycles. The summed E-state index contributed by atoms with van der Waals surface area (Å²) in [7, 11) is -0.665. The molecule has 0 aliphatic carbocycles. The van der Waals surface area contributed by atoms with Gasteiger partial charge in [-0.05, 0) is 24.3 Å². The van der Waals surface area contributed by atoms with Crippen molar-refractivity contribution in [3.63, 3.8) is 0 Å². The SMILES string of the molecule is COc1ccc(OC)c(CNS(=O)(=O)Cc2ccccc2F)c1. The quantitative estimate of drug-likeness (QED) is 0.842. The number of hydrogen-bond acceptors (Lipinski definition) is 4. The first-order valence-electron chi connectivity index (χ1n) is 6.87. The zero-order chi connectivity index (χ0) is 16.9. The van der Waals surface area contributed by atoms with E-state index in [9.17, 15) is 12.8 Å². The lowest BCUT2D eigenvalue weighted by molar-refractivity contribution is 0.398. The molecular formula is C16H18FNO4S. The molecule has 0 heterocycles. The molecule has 0 unspecified atom stereocenters. The van der Waals surface area contributed by atoms with E-state index in [1.165, 1.54) is 32.4 Å². The van der Waals surface area contributed by atoms with E-state index in [0.29, 0.717) is 17.1 Å². The Morgan fingerprint density at radius 1 is 1.04 bits per heavy atom. The van der Waals surface area contributed by atoms with E-state index < -0.39 is 21.6 Å². The van der Waals surface area contributed by atoms with Crippen molar-refractivity contribution in [1.82, 2.24) is 4.72 Å². The molecule has 2 rings (SSSR count). The number of halogens is 1. The first-order valence-corrected chi connectivity index (χ1v) is 8.52. The molecule has 0 radical (unpaired) electrons. The lowest BCUT2D eigenvalue weighted by Crippen LogP contribution is -2.25. The Bertz CT molecular complexity index is 777. The van der Waals surface area contributed by atoms with Crippen LogP contribution in [0.5, 0.6) is 11.5 Å². The summed E-state index contributed by atoms with van der Waals surface area (Å²) < 4.78 is 50.6. The number of sulfonamides is 1. The fraction of sp³-hybridized carbons (Fsp3) is 0.250. The number of benzene rings is 2. The van der Waals surface area contributed by atoms with Crippen LogP contribution in [-0.2, 0) is 22.3 Å². The van der Waals surface area contributed by atoms with Gasteiger partial charge in [0.1, 0.15) is 17.3 Å². The second kappa shape index (κ2) is 7.43. The van der Waals surface area contributed by atoms with Gasteiger partial charge < -0.3 is 9.47 Å². The second-order valence-corrected chi connectivity index (χ2v) is 6.66. The Morgan fingerprint density at radius 2 is 1.78 bits per heavy atom. The van der Waals surface area contributed by atoms with Crippen LogP contribution in [0.3, 0.4) is 0 Å². The molecule has 0 fully saturated rings. The van der Waals surface area contributed by atoms with Gasteiger partial charge in [-0.2, -0.15) is 0 Å². The third-order valence-electron chi connectivity index (χ3n) is 3.27. The lowest BCUT2D eigenvalue weighted by Gasteiger charge is -2.12. The van der Waals surface area contributed by atoms with Gasteiger partial charge in [0, 0.05) is 17.7 Å². The van der Waals surface area contributed by atoms with Crippen LogP contribution in [0.1, 0.15) is 11.1 Å². The first kappa shape index (κ1) is 17.2. The zero-order valence-electron chi connectivity index (χ0n) is 12.9. The molecule has 0 amide bonds. The summed E-state index contributed by atoms with van der Waals surface area (Å²) in [6.07, 6.45) is 0. The van der Waals surface area contributed by atoms with Crippen LogP contribution >= 0.6 is 0 Å². The normalized spacial score (nSPS) is 11.3. The molecule has 5 nitrogen and oxygen atoms in total. The standard InChI is InChI=1S/C16H18FNO4S/c1-21-14-7-8-16(22-2)13(9-14)10-18-23(19,20)11-12-5-3-4-6-15(12)17/h3-9,18H,10-11H2,1-2H3. The van der Waals surface area contributed by atoms with E-state index in [2.05, 4.69) is 4.72 Å². The van der Waals surface area contributed by atoms with Crippen LogP contribution in [0.2, 0.25) is 0 Å². The summed E-state index contributed by atoms with van der Waals surface area (Å²) >= 11 is 0. The van der Waals surface area contributed by atoms with Crippen molar-refractivity contribution >= 4 is 10.0 Å². The molecule has 23 heavy (non-hydrogen) atoms. The highest BCUT2D eigenvalue weighted by atomic mass is 32.2. The van der Waals surface area contributed by atoms with E-state index in [1.807, 2.05) is 0 Å². The molecule has 7 heteroatoms. The van der Waals surface area contributed by atoms with Gasteiger partial charge in [-0.1, -0.05) is 18.2 Å². The Balaban J connectivity index is 2.12. The van der Waals surface area contributed by atoms with Gasteiger partial charge in [-0.15, -0.1) is 0 Å².